The van der Waals surface area contributed by atoms with Gasteiger partial charge in [0.15, 0.2) is 11.5 Å². The van der Waals surface area contributed by atoms with Crippen LogP contribution in [-0.2, 0) is 0 Å². The van der Waals surface area contributed by atoms with Crippen LogP contribution in [-0.4, -0.2) is 39.6 Å². The van der Waals surface area contributed by atoms with Gasteiger partial charge in [-0.1, -0.05) is 0 Å². The number of hydrogen-bond acceptors (Lipinski definition) is 6. The summed E-state index contributed by atoms with van der Waals surface area (Å²) in [5.74, 6) is 1.96. The van der Waals surface area contributed by atoms with E-state index in [0.29, 0.717) is 28.6 Å². The Hall–Kier alpha value is -3.22. The van der Waals surface area contributed by atoms with Crippen molar-refractivity contribution in [1.82, 2.24) is 5.43 Å². The van der Waals surface area contributed by atoms with E-state index in [2.05, 4.69) is 10.5 Å². The smallest absolute Gasteiger partial charge is 0.271 e. The molecule has 2 aromatic rings. The lowest BCUT2D eigenvalue weighted by Gasteiger charge is -2.14. The highest BCUT2D eigenvalue weighted by Crippen LogP contribution is 2.29. The molecular weight excluding hydrogens is 348 g/mol. The van der Waals surface area contributed by atoms with Crippen molar-refractivity contribution in [3.8, 4) is 23.0 Å². The molecule has 0 aliphatic rings. The van der Waals surface area contributed by atoms with Gasteiger partial charge in [0.2, 0.25) is 0 Å². The second-order valence-corrected chi connectivity index (χ2v) is 5.88. The van der Waals surface area contributed by atoms with Gasteiger partial charge in [-0.2, -0.15) is 5.10 Å². The lowest BCUT2D eigenvalue weighted by Crippen LogP contribution is -2.18. The van der Waals surface area contributed by atoms with Crippen LogP contribution in [0, 0.1) is 0 Å². The molecule has 1 N–H and O–H groups in total. The summed E-state index contributed by atoms with van der Waals surface area (Å²) in [4.78, 5) is 12.3. The SMILES string of the molecule is COc1cc(/C=N/NC(=O)c2ccc(OC(C)C)c(OC)c2)cc(OC)c1. The Balaban J connectivity index is 2.10. The highest BCUT2D eigenvalue weighted by Gasteiger charge is 2.11. The van der Waals surface area contributed by atoms with E-state index < -0.39 is 0 Å². The molecule has 0 fully saturated rings. The average Bonchev–Trinajstić information content (AvgIpc) is 2.67. The van der Waals surface area contributed by atoms with Crippen LogP contribution in [0.15, 0.2) is 41.5 Å². The standard InChI is InChI=1S/C20H24N2O5/c1-13(2)27-18-7-6-15(10-19(18)26-5)20(23)22-21-12-14-8-16(24-3)11-17(9-14)25-4/h6-13H,1-5H3,(H,22,23)/b21-12+. The quantitative estimate of drug-likeness (QED) is 0.568. The van der Waals surface area contributed by atoms with Crippen molar-refractivity contribution < 1.29 is 23.7 Å². The molecule has 0 aliphatic carbocycles. The fourth-order valence-corrected chi connectivity index (χ4v) is 2.29. The van der Waals surface area contributed by atoms with Gasteiger partial charge in [0.05, 0.1) is 33.6 Å². The lowest BCUT2D eigenvalue weighted by atomic mass is 10.2. The van der Waals surface area contributed by atoms with Crippen molar-refractivity contribution in [3.05, 3.63) is 47.5 Å². The van der Waals surface area contributed by atoms with Gasteiger partial charge in [0, 0.05) is 17.2 Å². The fourth-order valence-electron chi connectivity index (χ4n) is 2.29. The van der Waals surface area contributed by atoms with Gasteiger partial charge in [-0.05, 0) is 44.2 Å². The van der Waals surface area contributed by atoms with E-state index in [1.54, 1.807) is 50.6 Å². The summed E-state index contributed by atoms with van der Waals surface area (Å²) in [5, 5.41) is 3.99. The Morgan fingerprint density at radius 1 is 0.963 bits per heavy atom. The average molecular weight is 372 g/mol. The van der Waals surface area contributed by atoms with Crippen LogP contribution in [0.5, 0.6) is 23.0 Å². The van der Waals surface area contributed by atoms with Crippen LogP contribution < -0.4 is 24.4 Å². The summed E-state index contributed by atoms with van der Waals surface area (Å²) in [6.45, 7) is 3.84. The molecule has 2 rings (SSSR count). The third-order valence-electron chi connectivity index (χ3n) is 3.54. The van der Waals surface area contributed by atoms with Gasteiger partial charge in [0.25, 0.3) is 5.91 Å². The van der Waals surface area contributed by atoms with Crippen LogP contribution in [0.1, 0.15) is 29.8 Å². The number of nitrogens with zero attached hydrogens (tertiary/aromatic N) is 1. The fraction of sp³-hybridized carbons (Fsp3) is 0.300. The van der Waals surface area contributed by atoms with Crippen molar-refractivity contribution in [2.75, 3.05) is 21.3 Å². The van der Waals surface area contributed by atoms with Gasteiger partial charge in [-0.3, -0.25) is 4.79 Å². The molecule has 27 heavy (non-hydrogen) atoms. The number of hydrogen-bond donors (Lipinski definition) is 1. The van der Waals surface area contributed by atoms with Gasteiger partial charge in [-0.25, -0.2) is 5.43 Å². The van der Waals surface area contributed by atoms with Gasteiger partial charge in [-0.15, -0.1) is 0 Å². The molecular formula is C20H24N2O5. The Labute approximate surface area is 158 Å². The van der Waals surface area contributed by atoms with E-state index in [1.807, 2.05) is 13.8 Å². The molecule has 0 aliphatic heterocycles. The number of carbonyl (C=O) groups excluding carboxylic acids is 1. The third-order valence-corrected chi connectivity index (χ3v) is 3.54. The van der Waals surface area contributed by atoms with Gasteiger partial charge in [0.1, 0.15) is 11.5 Å². The normalized spacial score (nSPS) is 10.7. The van der Waals surface area contributed by atoms with Crippen molar-refractivity contribution in [3.63, 3.8) is 0 Å². The van der Waals surface area contributed by atoms with E-state index in [9.17, 15) is 4.79 Å². The zero-order valence-electron chi connectivity index (χ0n) is 16.1. The summed E-state index contributed by atoms with van der Waals surface area (Å²) < 4.78 is 21.3. The van der Waals surface area contributed by atoms with E-state index in [0.717, 1.165) is 5.56 Å². The minimum absolute atomic E-state index is 0.00281. The molecule has 0 saturated heterocycles. The molecule has 2 aromatic carbocycles. The first-order valence-corrected chi connectivity index (χ1v) is 8.38. The van der Waals surface area contributed by atoms with Crippen molar-refractivity contribution in [1.29, 1.82) is 0 Å². The Morgan fingerprint density at radius 2 is 1.63 bits per heavy atom. The lowest BCUT2D eigenvalue weighted by molar-refractivity contribution is 0.0954. The minimum atomic E-state index is -0.365. The van der Waals surface area contributed by atoms with E-state index >= 15 is 0 Å². The number of methoxy groups -OCH3 is 3. The number of hydrazone groups is 1. The van der Waals surface area contributed by atoms with Crippen LogP contribution >= 0.6 is 0 Å². The summed E-state index contributed by atoms with van der Waals surface area (Å²) in [7, 11) is 4.66. The second-order valence-electron chi connectivity index (χ2n) is 5.88. The van der Waals surface area contributed by atoms with Crippen LogP contribution in [0.3, 0.4) is 0 Å². The molecule has 144 valence electrons. The Kier molecular flexibility index (Phi) is 7.05. The number of benzene rings is 2. The molecule has 0 bridgehead atoms. The first-order valence-electron chi connectivity index (χ1n) is 8.38. The molecule has 7 nitrogen and oxygen atoms in total. The highest BCUT2D eigenvalue weighted by molar-refractivity contribution is 5.95. The van der Waals surface area contributed by atoms with E-state index in [1.165, 1.54) is 13.3 Å². The molecule has 1 amide bonds. The van der Waals surface area contributed by atoms with Gasteiger partial charge >= 0.3 is 0 Å². The number of carbonyl (C=O) groups is 1. The third kappa shape index (κ3) is 5.64. The molecule has 0 aromatic heterocycles. The second kappa shape index (κ2) is 9.47. The topological polar surface area (TPSA) is 78.4 Å². The summed E-state index contributed by atoms with van der Waals surface area (Å²) in [6.07, 6.45) is 1.51. The predicted octanol–water partition coefficient (Wildman–Crippen LogP) is 3.26. The van der Waals surface area contributed by atoms with Crippen LogP contribution in [0.4, 0.5) is 0 Å². The molecule has 0 spiro atoms. The summed E-state index contributed by atoms with van der Waals surface area (Å²) in [6, 6.07) is 10.3. The number of rotatable bonds is 8. The summed E-state index contributed by atoms with van der Waals surface area (Å²) in [5.41, 5.74) is 3.62. The maximum absolute atomic E-state index is 12.3. The number of amides is 1. The molecule has 0 radical (unpaired) electrons. The number of nitrogens with one attached hydrogen (secondary N) is 1. The maximum atomic E-state index is 12.3. The molecule has 0 unspecified atom stereocenters. The molecule has 7 heteroatoms. The van der Waals surface area contributed by atoms with E-state index in [4.69, 9.17) is 18.9 Å². The molecule has 0 heterocycles. The zero-order valence-corrected chi connectivity index (χ0v) is 16.1. The largest absolute Gasteiger partial charge is 0.497 e. The Morgan fingerprint density at radius 3 is 2.19 bits per heavy atom. The monoisotopic (exact) mass is 372 g/mol. The first kappa shape index (κ1) is 20.1. The first-order chi connectivity index (χ1) is 13.0. The van der Waals surface area contributed by atoms with Crippen molar-refractivity contribution in [2.24, 2.45) is 5.10 Å². The zero-order chi connectivity index (χ0) is 19.8. The maximum Gasteiger partial charge on any atom is 0.271 e. The Bertz CT molecular complexity index is 796. The minimum Gasteiger partial charge on any atom is -0.497 e. The number of ether oxygens (including phenoxy) is 4. The van der Waals surface area contributed by atoms with Crippen LogP contribution in [0.2, 0.25) is 0 Å². The van der Waals surface area contributed by atoms with Gasteiger partial charge < -0.3 is 18.9 Å². The summed E-state index contributed by atoms with van der Waals surface area (Å²) >= 11 is 0. The van der Waals surface area contributed by atoms with Crippen LogP contribution in [0.25, 0.3) is 0 Å². The van der Waals surface area contributed by atoms with Crippen molar-refractivity contribution in [2.45, 2.75) is 20.0 Å². The molecule has 0 atom stereocenters. The van der Waals surface area contributed by atoms with Crippen molar-refractivity contribution >= 4 is 12.1 Å². The molecule has 0 saturated carbocycles. The predicted molar refractivity (Wildman–Crippen MR) is 103 cm³/mol. The highest BCUT2D eigenvalue weighted by atomic mass is 16.5. The van der Waals surface area contributed by atoms with E-state index in [-0.39, 0.29) is 12.0 Å².